The molecule has 0 spiro atoms. The number of rotatable bonds is 7. The van der Waals surface area contributed by atoms with Crippen molar-refractivity contribution in [3.8, 4) is 5.69 Å². The van der Waals surface area contributed by atoms with E-state index in [0.717, 1.165) is 5.69 Å². The van der Waals surface area contributed by atoms with Crippen molar-refractivity contribution < 1.29 is 9.53 Å². The molecule has 0 aliphatic carbocycles. The van der Waals surface area contributed by atoms with E-state index in [1.165, 1.54) is 22.9 Å². The number of tetrazole rings is 1. The zero-order valence-electron chi connectivity index (χ0n) is 13.7. The summed E-state index contributed by atoms with van der Waals surface area (Å²) in [6, 6.07) is 5.99. The molecule has 1 aromatic carbocycles. The van der Waals surface area contributed by atoms with Crippen molar-refractivity contribution in [2.75, 3.05) is 19.5 Å². The number of carbonyl (C=O) groups excluding carboxylic acids is 1. The summed E-state index contributed by atoms with van der Waals surface area (Å²) in [4.78, 5) is 11.9. The molecule has 124 valence electrons. The fourth-order valence-electron chi connectivity index (χ4n) is 2.03. The molecular formula is C15H21N5O2S. The van der Waals surface area contributed by atoms with Gasteiger partial charge in [0.2, 0.25) is 11.1 Å². The fraction of sp³-hybridized carbons (Fsp3) is 0.467. The van der Waals surface area contributed by atoms with Gasteiger partial charge in [-0.25, -0.2) is 0 Å². The number of aromatic nitrogens is 4. The quantitative estimate of drug-likeness (QED) is 0.773. The van der Waals surface area contributed by atoms with E-state index >= 15 is 0 Å². The second-order valence-electron chi connectivity index (χ2n) is 5.35. The lowest BCUT2D eigenvalue weighted by molar-refractivity contribution is -0.119. The lowest BCUT2D eigenvalue weighted by Gasteiger charge is -2.12. The number of carbonyl (C=O) groups is 1. The van der Waals surface area contributed by atoms with E-state index in [2.05, 4.69) is 27.8 Å². The summed E-state index contributed by atoms with van der Waals surface area (Å²) in [6.45, 7) is 6.47. The molecule has 1 atom stereocenters. The van der Waals surface area contributed by atoms with Crippen LogP contribution in [-0.2, 0) is 9.53 Å². The van der Waals surface area contributed by atoms with E-state index in [-0.39, 0.29) is 17.7 Å². The van der Waals surface area contributed by atoms with Gasteiger partial charge in [-0.15, -0.1) is 5.10 Å². The van der Waals surface area contributed by atoms with Gasteiger partial charge in [-0.05, 0) is 54.5 Å². The van der Waals surface area contributed by atoms with Gasteiger partial charge in [0.15, 0.2) is 0 Å². The number of nitrogens with zero attached hydrogens (tertiary/aromatic N) is 4. The normalized spacial score (nSPS) is 12.2. The van der Waals surface area contributed by atoms with Gasteiger partial charge in [0, 0.05) is 13.2 Å². The minimum atomic E-state index is -0.0748. The highest BCUT2D eigenvalue weighted by Crippen LogP contribution is 2.19. The number of thioether (sulfide) groups is 1. The lowest BCUT2D eigenvalue weighted by atomic mass is 10.1. The molecule has 0 unspecified atom stereocenters. The molecule has 0 saturated heterocycles. The summed E-state index contributed by atoms with van der Waals surface area (Å²) < 4.78 is 6.64. The first kappa shape index (κ1) is 17.4. The highest BCUT2D eigenvalue weighted by atomic mass is 32.2. The van der Waals surface area contributed by atoms with Crippen LogP contribution in [0.4, 0.5) is 0 Å². The average molecular weight is 335 g/mol. The third kappa shape index (κ3) is 4.77. The van der Waals surface area contributed by atoms with Crippen molar-refractivity contribution in [2.45, 2.75) is 32.0 Å². The van der Waals surface area contributed by atoms with E-state index in [1.54, 1.807) is 11.8 Å². The van der Waals surface area contributed by atoms with Gasteiger partial charge in [-0.3, -0.25) is 4.79 Å². The van der Waals surface area contributed by atoms with Gasteiger partial charge < -0.3 is 10.1 Å². The largest absolute Gasteiger partial charge is 0.383 e. The van der Waals surface area contributed by atoms with Gasteiger partial charge in [0.1, 0.15) is 0 Å². The molecule has 0 bridgehead atoms. The highest BCUT2D eigenvalue weighted by molar-refractivity contribution is 7.99. The Morgan fingerprint density at radius 1 is 1.39 bits per heavy atom. The van der Waals surface area contributed by atoms with E-state index in [4.69, 9.17) is 4.74 Å². The topological polar surface area (TPSA) is 81.9 Å². The smallest absolute Gasteiger partial charge is 0.230 e. The minimum Gasteiger partial charge on any atom is -0.383 e. The molecule has 2 aromatic rings. The number of benzene rings is 1. The first-order valence-corrected chi connectivity index (χ1v) is 8.27. The Hall–Kier alpha value is -1.93. The number of aryl methyl sites for hydroxylation is 2. The second kappa shape index (κ2) is 8.07. The van der Waals surface area contributed by atoms with Crippen molar-refractivity contribution in [1.82, 2.24) is 25.5 Å². The highest BCUT2D eigenvalue weighted by Gasteiger charge is 2.13. The van der Waals surface area contributed by atoms with Crippen LogP contribution >= 0.6 is 11.8 Å². The molecule has 1 aromatic heterocycles. The second-order valence-corrected chi connectivity index (χ2v) is 6.30. The number of nitrogens with one attached hydrogen (secondary N) is 1. The SMILES string of the molecule is COC[C@H](C)NC(=O)CSc1nnnn1-c1ccc(C)c(C)c1. The van der Waals surface area contributed by atoms with Crippen LogP contribution in [0.15, 0.2) is 23.4 Å². The summed E-state index contributed by atoms with van der Waals surface area (Å²) in [6.07, 6.45) is 0. The minimum absolute atomic E-state index is 0.0242. The molecule has 0 fully saturated rings. The Bertz CT molecular complexity index is 674. The van der Waals surface area contributed by atoms with Crippen LogP contribution in [0.2, 0.25) is 0 Å². The van der Waals surface area contributed by atoms with Crippen LogP contribution in [0.3, 0.4) is 0 Å². The molecule has 8 heteroatoms. The van der Waals surface area contributed by atoms with Gasteiger partial charge in [0.25, 0.3) is 0 Å². The number of hydrogen-bond donors (Lipinski definition) is 1. The number of ether oxygens (including phenoxy) is 1. The average Bonchev–Trinajstić information content (AvgIpc) is 2.96. The number of methoxy groups -OCH3 is 1. The predicted octanol–water partition coefficient (Wildman–Crippen LogP) is 1.52. The third-order valence-corrected chi connectivity index (χ3v) is 4.25. The molecule has 0 aliphatic rings. The van der Waals surface area contributed by atoms with E-state index in [0.29, 0.717) is 11.8 Å². The van der Waals surface area contributed by atoms with Crippen LogP contribution in [-0.4, -0.2) is 51.6 Å². The van der Waals surface area contributed by atoms with Crippen molar-refractivity contribution in [3.05, 3.63) is 29.3 Å². The van der Waals surface area contributed by atoms with Crippen LogP contribution in [0.1, 0.15) is 18.1 Å². The summed E-state index contributed by atoms with van der Waals surface area (Å²) in [5.41, 5.74) is 3.26. The van der Waals surface area contributed by atoms with E-state index in [1.807, 2.05) is 32.0 Å². The summed E-state index contributed by atoms with van der Waals surface area (Å²) in [5.74, 6) is 0.174. The molecule has 2 rings (SSSR count). The van der Waals surface area contributed by atoms with Crippen molar-refractivity contribution in [3.63, 3.8) is 0 Å². The Labute approximate surface area is 139 Å². The zero-order valence-corrected chi connectivity index (χ0v) is 14.6. The molecule has 1 heterocycles. The molecule has 7 nitrogen and oxygen atoms in total. The molecule has 1 N–H and O–H groups in total. The first-order valence-electron chi connectivity index (χ1n) is 7.28. The van der Waals surface area contributed by atoms with Crippen LogP contribution in [0.5, 0.6) is 0 Å². The maximum Gasteiger partial charge on any atom is 0.230 e. The molecule has 0 radical (unpaired) electrons. The standard InChI is InChI=1S/C15H21N5O2S/c1-10-5-6-13(7-11(10)2)20-15(17-18-19-20)23-9-14(21)16-12(3)8-22-4/h5-7,12H,8-9H2,1-4H3,(H,16,21)/t12-/m0/s1. The van der Waals surface area contributed by atoms with Gasteiger partial charge in [-0.2, -0.15) is 4.68 Å². The molecular weight excluding hydrogens is 314 g/mol. The third-order valence-electron chi connectivity index (χ3n) is 3.33. The maximum atomic E-state index is 11.9. The van der Waals surface area contributed by atoms with Gasteiger partial charge in [-0.1, -0.05) is 17.8 Å². The number of hydrogen-bond acceptors (Lipinski definition) is 6. The van der Waals surface area contributed by atoms with Crippen molar-refractivity contribution in [2.24, 2.45) is 0 Å². The van der Waals surface area contributed by atoms with E-state index in [9.17, 15) is 4.79 Å². The lowest BCUT2D eigenvalue weighted by Crippen LogP contribution is -2.36. The van der Waals surface area contributed by atoms with Gasteiger partial charge >= 0.3 is 0 Å². The van der Waals surface area contributed by atoms with Crippen molar-refractivity contribution in [1.29, 1.82) is 0 Å². The Morgan fingerprint density at radius 2 is 2.17 bits per heavy atom. The van der Waals surface area contributed by atoms with Crippen LogP contribution in [0, 0.1) is 13.8 Å². The monoisotopic (exact) mass is 335 g/mol. The summed E-state index contributed by atoms with van der Waals surface area (Å²) in [5, 5.41) is 15.2. The fourth-order valence-corrected chi connectivity index (χ4v) is 2.73. The Balaban J connectivity index is 2.01. The molecule has 23 heavy (non-hydrogen) atoms. The maximum absolute atomic E-state index is 11.9. The molecule has 1 amide bonds. The summed E-state index contributed by atoms with van der Waals surface area (Å²) in [7, 11) is 1.61. The molecule has 0 saturated carbocycles. The summed E-state index contributed by atoms with van der Waals surface area (Å²) >= 11 is 1.30. The van der Waals surface area contributed by atoms with Crippen LogP contribution < -0.4 is 5.32 Å². The van der Waals surface area contributed by atoms with E-state index < -0.39 is 0 Å². The molecule has 0 aliphatic heterocycles. The number of amides is 1. The van der Waals surface area contributed by atoms with Crippen molar-refractivity contribution >= 4 is 17.7 Å². The first-order chi connectivity index (χ1) is 11.0. The zero-order chi connectivity index (χ0) is 16.8. The Kier molecular flexibility index (Phi) is 6.12. The predicted molar refractivity (Wildman–Crippen MR) is 88.8 cm³/mol. The Morgan fingerprint density at radius 3 is 2.87 bits per heavy atom. The van der Waals surface area contributed by atoms with Gasteiger partial charge in [0.05, 0.1) is 18.0 Å². The van der Waals surface area contributed by atoms with Crippen LogP contribution in [0.25, 0.3) is 5.69 Å².